The summed E-state index contributed by atoms with van der Waals surface area (Å²) in [7, 11) is 0. The molecule has 3 atom stereocenters. The third kappa shape index (κ3) is 5.65. The number of hydrogen-bond donors (Lipinski definition) is 1. The van der Waals surface area contributed by atoms with Gasteiger partial charge in [-0.1, -0.05) is 20.3 Å². The van der Waals surface area contributed by atoms with Crippen LogP contribution in [0.15, 0.2) is 0 Å². The lowest BCUT2D eigenvalue weighted by Gasteiger charge is -2.36. The smallest absolute Gasteiger partial charge is 0.00955 e. The van der Waals surface area contributed by atoms with E-state index in [9.17, 15) is 0 Å². The summed E-state index contributed by atoms with van der Waals surface area (Å²) in [4.78, 5) is 0. The maximum Gasteiger partial charge on any atom is 0.00955 e. The van der Waals surface area contributed by atoms with Crippen molar-refractivity contribution in [1.82, 2.24) is 5.32 Å². The van der Waals surface area contributed by atoms with Crippen molar-refractivity contribution >= 4 is 11.8 Å². The van der Waals surface area contributed by atoms with Crippen molar-refractivity contribution in [2.45, 2.75) is 64.8 Å². The second kappa shape index (κ2) is 9.27. The van der Waals surface area contributed by atoms with Crippen LogP contribution in [0.25, 0.3) is 0 Å². The maximum atomic E-state index is 3.79. The molecule has 1 rings (SSSR count). The van der Waals surface area contributed by atoms with Crippen molar-refractivity contribution in [1.29, 1.82) is 0 Å². The van der Waals surface area contributed by atoms with Crippen molar-refractivity contribution in [3.63, 3.8) is 0 Å². The average Bonchev–Trinajstić information content (AvgIpc) is 2.37. The highest BCUT2D eigenvalue weighted by Crippen LogP contribution is 2.34. The van der Waals surface area contributed by atoms with Crippen LogP contribution in [0.4, 0.5) is 0 Å². The van der Waals surface area contributed by atoms with Gasteiger partial charge in [-0.2, -0.15) is 11.8 Å². The minimum absolute atomic E-state index is 0.819. The lowest BCUT2D eigenvalue weighted by atomic mass is 9.75. The normalized spacial score (nSPS) is 29.5. The predicted octanol–water partition coefficient (Wildman–Crippen LogP) is 4.32. The van der Waals surface area contributed by atoms with E-state index in [0.717, 1.165) is 17.9 Å². The van der Waals surface area contributed by atoms with Gasteiger partial charge in [-0.15, -0.1) is 0 Å². The van der Waals surface area contributed by atoms with Gasteiger partial charge in [-0.25, -0.2) is 0 Å². The maximum absolute atomic E-state index is 3.79. The van der Waals surface area contributed by atoms with Crippen molar-refractivity contribution in [2.75, 3.05) is 18.6 Å². The van der Waals surface area contributed by atoms with Crippen molar-refractivity contribution in [3.8, 4) is 0 Å². The van der Waals surface area contributed by atoms with E-state index in [1.165, 1.54) is 57.2 Å². The van der Waals surface area contributed by atoms with Gasteiger partial charge in [0, 0.05) is 6.04 Å². The second-order valence-electron chi connectivity index (χ2n) is 5.54. The van der Waals surface area contributed by atoms with Crippen LogP contribution in [0.3, 0.4) is 0 Å². The van der Waals surface area contributed by atoms with Gasteiger partial charge < -0.3 is 5.32 Å². The Morgan fingerprint density at radius 2 is 2.06 bits per heavy atom. The van der Waals surface area contributed by atoms with Crippen LogP contribution in [0.5, 0.6) is 0 Å². The molecule has 1 saturated carbocycles. The number of thioether (sulfide) groups is 1. The van der Waals surface area contributed by atoms with Crippen LogP contribution in [-0.2, 0) is 0 Å². The fraction of sp³-hybridized carbons (Fsp3) is 1.00. The molecule has 0 aromatic rings. The second-order valence-corrected chi connectivity index (χ2v) is 6.53. The van der Waals surface area contributed by atoms with Crippen LogP contribution >= 0.6 is 11.8 Å². The lowest BCUT2D eigenvalue weighted by Crippen LogP contribution is -2.41. The molecule has 17 heavy (non-hydrogen) atoms. The van der Waals surface area contributed by atoms with Gasteiger partial charge in [0.05, 0.1) is 0 Å². The van der Waals surface area contributed by atoms with Gasteiger partial charge in [0.1, 0.15) is 0 Å². The van der Waals surface area contributed by atoms with Gasteiger partial charge in [0.2, 0.25) is 0 Å². The summed E-state index contributed by atoms with van der Waals surface area (Å²) >= 11 is 2.00. The molecular weight excluding hydrogens is 226 g/mol. The molecule has 0 heterocycles. The Balaban J connectivity index is 2.37. The fourth-order valence-electron chi connectivity index (χ4n) is 3.14. The minimum atomic E-state index is 0.819. The number of nitrogens with one attached hydrogen (secondary N) is 1. The number of rotatable bonds is 8. The standard InChI is InChI=1S/C15H31NS/c1-4-10-16-15-9-8-13(5-2)12-14(15)7-6-11-17-3/h13-16H,4-12H2,1-3H3. The summed E-state index contributed by atoms with van der Waals surface area (Å²) in [5, 5.41) is 3.79. The van der Waals surface area contributed by atoms with E-state index >= 15 is 0 Å². The molecule has 1 fully saturated rings. The molecule has 1 aliphatic carbocycles. The zero-order valence-electron chi connectivity index (χ0n) is 12.0. The summed E-state index contributed by atoms with van der Waals surface area (Å²) in [6, 6.07) is 0.819. The summed E-state index contributed by atoms with van der Waals surface area (Å²) in [5.41, 5.74) is 0. The van der Waals surface area contributed by atoms with Crippen molar-refractivity contribution < 1.29 is 0 Å². The molecule has 0 aliphatic heterocycles. The highest BCUT2D eigenvalue weighted by molar-refractivity contribution is 7.98. The molecule has 0 spiro atoms. The van der Waals surface area contributed by atoms with Crippen LogP contribution in [0, 0.1) is 11.8 Å². The van der Waals surface area contributed by atoms with Gasteiger partial charge in [-0.3, -0.25) is 0 Å². The van der Waals surface area contributed by atoms with E-state index in [4.69, 9.17) is 0 Å². The average molecular weight is 257 g/mol. The van der Waals surface area contributed by atoms with E-state index in [-0.39, 0.29) is 0 Å². The Morgan fingerprint density at radius 3 is 2.71 bits per heavy atom. The Bertz CT molecular complexity index is 184. The summed E-state index contributed by atoms with van der Waals surface area (Å²) in [6.45, 7) is 5.84. The molecule has 1 aliphatic rings. The minimum Gasteiger partial charge on any atom is -0.314 e. The zero-order valence-corrected chi connectivity index (χ0v) is 12.8. The third-order valence-electron chi connectivity index (χ3n) is 4.25. The third-order valence-corrected chi connectivity index (χ3v) is 4.95. The first kappa shape index (κ1) is 15.4. The molecule has 0 bridgehead atoms. The quantitative estimate of drug-likeness (QED) is 0.650. The molecule has 0 radical (unpaired) electrons. The fourth-order valence-corrected chi connectivity index (χ4v) is 3.59. The molecule has 3 unspecified atom stereocenters. The predicted molar refractivity (Wildman–Crippen MR) is 80.8 cm³/mol. The topological polar surface area (TPSA) is 12.0 Å². The highest BCUT2D eigenvalue weighted by atomic mass is 32.2. The molecule has 0 aromatic heterocycles. The SMILES string of the molecule is CCCNC1CCC(CC)CC1CCCSC. The molecule has 0 aromatic carbocycles. The molecule has 2 heteroatoms. The molecule has 1 N–H and O–H groups in total. The van der Waals surface area contributed by atoms with Crippen LogP contribution < -0.4 is 5.32 Å². The Kier molecular flexibility index (Phi) is 8.38. The van der Waals surface area contributed by atoms with Gasteiger partial charge >= 0.3 is 0 Å². The zero-order chi connectivity index (χ0) is 12.5. The number of hydrogen-bond acceptors (Lipinski definition) is 2. The molecule has 0 amide bonds. The van der Waals surface area contributed by atoms with Crippen LogP contribution in [0.1, 0.15) is 58.8 Å². The van der Waals surface area contributed by atoms with Crippen molar-refractivity contribution in [2.24, 2.45) is 11.8 Å². The largest absolute Gasteiger partial charge is 0.314 e. The van der Waals surface area contributed by atoms with Gasteiger partial charge in [0.25, 0.3) is 0 Å². The summed E-state index contributed by atoms with van der Waals surface area (Å²) < 4.78 is 0. The van der Waals surface area contributed by atoms with E-state index < -0.39 is 0 Å². The highest BCUT2D eigenvalue weighted by Gasteiger charge is 2.28. The van der Waals surface area contributed by atoms with Crippen molar-refractivity contribution in [3.05, 3.63) is 0 Å². The van der Waals surface area contributed by atoms with E-state index in [1.54, 1.807) is 0 Å². The lowest BCUT2D eigenvalue weighted by molar-refractivity contribution is 0.189. The monoisotopic (exact) mass is 257 g/mol. The van der Waals surface area contributed by atoms with Gasteiger partial charge in [-0.05, 0) is 68.9 Å². The first-order chi connectivity index (χ1) is 8.31. The van der Waals surface area contributed by atoms with Crippen LogP contribution in [-0.4, -0.2) is 24.6 Å². The molecular formula is C15H31NS. The van der Waals surface area contributed by atoms with E-state index in [2.05, 4.69) is 25.4 Å². The molecule has 0 saturated heterocycles. The Hall–Kier alpha value is 0.310. The molecule has 102 valence electrons. The Labute approximate surface area is 113 Å². The summed E-state index contributed by atoms with van der Waals surface area (Å²) in [5.74, 6) is 3.30. The van der Waals surface area contributed by atoms with Crippen LogP contribution in [0.2, 0.25) is 0 Å². The first-order valence-electron chi connectivity index (χ1n) is 7.54. The van der Waals surface area contributed by atoms with E-state index in [0.29, 0.717) is 0 Å². The van der Waals surface area contributed by atoms with Gasteiger partial charge in [0.15, 0.2) is 0 Å². The van der Waals surface area contributed by atoms with E-state index in [1.807, 2.05) is 11.8 Å². The Morgan fingerprint density at radius 1 is 1.24 bits per heavy atom. The first-order valence-corrected chi connectivity index (χ1v) is 8.93. The molecule has 1 nitrogen and oxygen atoms in total. The summed E-state index contributed by atoms with van der Waals surface area (Å²) in [6.07, 6.45) is 12.1.